The maximum Gasteiger partial charge on any atom is 0.163 e. The molecular weight excluding hydrogens is 829 g/mol. The third kappa shape index (κ3) is 5.45. The Morgan fingerprint density at radius 1 is 0.970 bits per heavy atom. The van der Waals surface area contributed by atoms with Crippen molar-refractivity contribution in [3.05, 3.63) is 57.5 Å². The molecule has 0 saturated heterocycles. The molecule has 0 unspecified atom stereocenters. The largest absolute Gasteiger partial charge is 0.394 e. The van der Waals surface area contributed by atoms with Crippen molar-refractivity contribution in [2.24, 2.45) is 73.4 Å². The van der Waals surface area contributed by atoms with Crippen molar-refractivity contribution in [2.45, 2.75) is 160 Å². The minimum Gasteiger partial charge on any atom is -0.394 e. The number of aliphatic hydroxyl groups excluding tert-OH is 5. The summed E-state index contributed by atoms with van der Waals surface area (Å²) in [4.78, 5) is 30.6. The maximum atomic E-state index is 16.4. The summed E-state index contributed by atoms with van der Waals surface area (Å²) in [6.07, 6.45) is 18.1. The van der Waals surface area contributed by atoms with Gasteiger partial charge in [0.2, 0.25) is 0 Å². The van der Waals surface area contributed by atoms with E-state index in [1.807, 2.05) is 25.1 Å². The second-order valence-corrected chi connectivity index (χ2v) is 24.5. The van der Waals surface area contributed by atoms with Crippen LogP contribution in [-0.2, 0) is 9.53 Å². The van der Waals surface area contributed by atoms with Gasteiger partial charge in [-0.15, -0.1) is 5.92 Å². The van der Waals surface area contributed by atoms with Crippen LogP contribution in [0.15, 0.2) is 35.9 Å². The fraction of sp³-hybridized carbons (Fsp3) is 0.719. The first-order chi connectivity index (χ1) is 31.4. The fourth-order valence-electron chi connectivity index (χ4n) is 19.8. The second kappa shape index (κ2) is 15.0. The van der Waals surface area contributed by atoms with Crippen LogP contribution >= 0.6 is 0 Å². The van der Waals surface area contributed by atoms with Gasteiger partial charge >= 0.3 is 0 Å². The summed E-state index contributed by atoms with van der Waals surface area (Å²) in [5.74, 6) is 5.58. The quantitative estimate of drug-likeness (QED) is 0.0792. The summed E-state index contributed by atoms with van der Waals surface area (Å²) in [6, 6.07) is 3.86. The molecule has 4 bridgehead atoms. The van der Waals surface area contributed by atoms with E-state index in [2.05, 4.69) is 50.0 Å². The van der Waals surface area contributed by atoms with Gasteiger partial charge in [-0.2, -0.15) is 0 Å². The van der Waals surface area contributed by atoms with Gasteiger partial charge in [-0.3, -0.25) is 9.59 Å². The van der Waals surface area contributed by atoms with Crippen molar-refractivity contribution in [2.75, 3.05) is 20.3 Å². The van der Waals surface area contributed by atoms with Gasteiger partial charge < -0.3 is 35.4 Å². The van der Waals surface area contributed by atoms with Gasteiger partial charge in [-0.1, -0.05) is 63.0 Å². The molecule has 0 radical (unpaired) electrons. The van der Waals surface area contributed by atoms with Crippen molar-refractivity contribution < 1.29 is 45.0 Å². The van der Waals surface area contributed by atoms with E-state index in [9.17, 15) is 35.4 Å². The Bertz CT molecular complexity index is 2490. The number of ether oxygens (including phenoxy) is 1. The molecular formula is C57H74O9. The van der Waals surface area contributed by atoms with E-state index in [0.29, 0.717) is 75.5 Å². The zero-order valence-electron chi connectivity index (χ0n) is 40.0. The summed E-state index contributed by atoms with van der Waals surface area (Å²) < 4.78 is 5.32. The highest BCUT2D eigenvalue weighted by molar-refractivity contribution is 5.97. The predicted molar refractivity (Wildman–Crippen MR) is 250 cm³/mol. The monoisotopic (exact) mass is 903 g/mol. The van der Waals surface area contributed by atoms with Crippen molar-refractivity contribution >= 4 is 23.7 Å². The minimum absolute atomic E-state index is 0.00223. The Balaban J connectivity index is 1.16. The maximum absolute atomic E-state index is 16.4. The molecule has 1 aromatic rings. The zero-order valence-corrected chi connectivity index (χ0v) is 40.0. The number of fused-ring (bicyclic) bond motifs is 6. The number of hydrogen-bond donors (Lipinski definition) is 6. The van der Waals surface area contributed by atoms with Crippen LogP contribution in [0.4, 0.5) is 0 Å². The van der Waals surface area contributed by atoms with Gasteiger partial charge in [0.25, 0.3) is 0 Å². The molecule has 11 aliphatic rings. The van der Waals surface area contributed by atoms with Crippen molar-refractivity contribution in [3.8, 4) is 11.8 Å². The molecule has 18 atom stereocenters. The highest BCUT2D eigenvalue weighted by Crippen LogP contribution is 2.85. The lowest BCUT2D eigenvalue weighted by Crippen LogP contribution is -2.78. The summed E-state index contributed by atoms with van der Waals surface area (Å²) in [5, 5.41) is 74.7. The molecule has 6 fully saturated rings. The molecule has 1 aromatic carbocycles. The zero-order chi connectivity index (χ0) is 46.6. The van der Waals surface area contributed by atoms with Crippen LogP contribution in [0.25, 0.3) is 12.2 Å². The van der Waals surface area contributed by atoms with Gasteiger partial charge in [0, 0.05) is 43.5 Å². The predicted octanol–water partition coefficient (Wildman–Crippen LogP) is 6.03. The second-order valence-electron chi connectivity index (χ2n) is 24.5. The normalized spacial score (nSPS) is 48.7. The molecule has 0 amide bonds. The summed E-state index contributed by atoms with van der Waals surface area (Å²) >= 11 is 0. The number of Topliss-reactive ketones (excluding diaryl/α,β-unsaturated/α-hetero) is 1. The SMILES string of the molecule is COCCCC(=O)c1cc([C@H](C)O)cc2c1=C[C@H]1CC[C@@]34CC[C@@H]5[C@](C)([C@H](O)CO)[C@@H](O)CC[C@@]5([C@H]3C(=O)C=C3[C@H]5C[C@@]6(C)CCC#C[C@H](O)[C@]57[C@@]5(CCC[C@H]5C=C[C@]7(O)C[C@]34C)C6)[C@H]1C=2. The molecule has 0 aliphatic heterocycles. The van der Waals surface area contributed by atoms with E-state index in [-0.39, 0.29) is 52.0 Å². The van der Waals surface area contributed by atoms with E-state index in [4.69, 9.17) is 4.74 Å². The van der Waals surface area contributed by atoms with Crippen LogP contribution < -0.4 is 10.4 Å². The van der Waals surface area contributed by atoms with Gasteiger partial charge in [-0.05, 0) is 181 Å². The van der Waals surface area contributed by atoms with E-state index < -0.39 is 69.6 Å². The first kappa shape index (κ1) is 45.5. The summed E-state index contributed by atoms with van der Waals surface area (Å²) in [5.41, 5.74) is -3.72. The van der Waals surface area contributed by atoms with E-state index >= 15 is 4.79 Å². The molecule has 9 heteroatoms. The van der Waals surface area contributed by atoms with Crippen LogP contribution in [0.1, 0.15) is 152 Å². The van der Waals surface area contributed by atoms with Crippen LogP contribution in [0.2, 0.25) is 0 Å². The molecule has 9 nitrogen and oxygen atoms in total. The number of allylic oxidation sites excluding steroid dienone is 3. The molecule has 3 spiro atoms. The third-order valence-corrected chi connectivity index (χ3v) is 22.2. The fourth-order valence-corrected chi connectivity index (χ4v) is 19.8. The van der Waals surface area contributed by atoms with Gasteiger partial charge in [0.05, 0.1) is 35.9 Å². The van der Waals surface area contributed by atoms with Gasteiger partial charge in [0.15, 0.2) is 11.6 Å². The molecule has 6 N–H and O–H groups in total. The standard InChI is InChI=1S/C57H74O9/c1-33(59)35-24-36-27-40-34(25-38(36)39(26-35)43(60)11-9-23-66-5)13-19-53-20-15-45-52(4,48(64)30-58)46(62)16-22-56(40,45)49(53)44(61)28-41-42-29-50(2)17-7-6-12-47(63)57(42)54(31-50)18-8-10-37(54)14-21-55(57,65)32-51(41,53)3/h14,21,24-28,33-34,37,40,42,45-49,58-59,62-65H,7-11,13,15-20,22-23,29-32H2,1-5H3/t33-,34+,37-,40-,42+,45+,46-,47-,48+,49-,50+,51+,52-,53+,54-,55-,56+,57-/m0/s1. The number of rotatable bonds is 8. The molecule has 66 heavy (non-hydrogen) atoms. The van der Waals surface area contributed by atoms with Crippen LogP contribution in [0.3, 0.4) is 0 Å². The number of ketones is 2. The van der Waals surface area contributed by atoms with Crippen molar-refractivity contribution in [1.82, 2.24) is 0 Å². The molecule has 11 aliphatic carbocycles. The van der Waals surface area contributed by atoms with Gasteiger partial charge in [-0.25, -0.2) is 0 Å². The lowest BCUT2D eigenvalue weighted by molar-refractivity contribution is -0.294. The molecule has 0 aromatic heterocycles. The van der Waals surface area contributed by atoms with E-state index in [0.717, 1.165) is 61.0 Å². The number of benzene rings is 1. The lowest BCUT2D eigenvalue weighted by atomic mass is 9.26. The number of hydrogen-bond acceptors (Lipinski definition) is 9. The molecule has 356 valence electrons. The number of methoxy groups -OCH3 is 1. The Morgan fingerprint density at radius 2 is 1.76 bits per heavy atom. The van der Waals surface area contributed by atoms with Crippen LogP contribution in [-0.4, -0.2) is 86.4 Å². The summed E-state index contributed by atoms with van der Waals surface area (Å²) in [7, 11) is 1.63. The Labute approximate surface area is 390 Å². The van der Waals surface area contributed by atoms with Crippen LogP contribution in [0, 0.1) is 85.3 Å². The number of carbonyl (C=O) groups excluding carboxylic acids is 2. The first-order valence-electron chi connectivity index (χ1n) is 25.8. The Kier molecular flexibility index (Phi) is 10.4. The highest BCUT2D eigenvalue weighted by Gasteiger charge is 2.83. The van der Waals surface area contributed by atoms with E-state index in [1.165, 1.54) is 0 Å². The van der Waals surface area contributed by atoms with E-state index in [1.54, 1.807) is 14.0 Å². The Morgan fingerprint density at radius 3 is 2.52 bits per heavy atom. The average Bonchev–Trinajstić information content (AvgIpc) is 3.69. The lowest BCUT2D eigenvalue weighted by Gasteiger charge is -2.78. The minimum atomic E-state index is -1.40. The topological polar surface area (TPSA) is 165 Å². The van der Waals surface area contributed by atoms with Crippen LogP contribution in [0.5, 0.6) is 0 Å². The molecule has 6 saturated carbocycles. The van der Waals surface area contributed by atoms with Crippen molar-refractivity contribution in [1.29, 1.82) is 0 Å². The number of carbonyl (C=O) groups is 2. The van der Waals surface area contributed by atoms with Gasteiger partial charge in [0.1, 0.15) is 6.10 Å². The smallest absolute Gasteiger partial charge is 0.163 e. The summed E-state index contributed by atoms with van der Waals surface area (Å²) in [6.45, 7) is 8.38. The Hall–Kier alpha value is -2.94. The first-order valence-corrected chi connectivity index (χ1v) is 25.8. The highest BCUT2D eigenvalue weighted by atomic mass is 16.5. The average molecular weight is 903 g/mol. The molecule has 0 heterocycles. The third-order valence-electron chi connectivity index (χ3n) is 22.2. The molecule has 12 rings (SSSR count). The van der Waals surface area contributed by atoms with Crippen molar-refractivity contribution in [3.63, 3.8) is 0 Å². The number of aliphatic hydroxyl groups is 6.